The zero-order chi connectivity index (χ0) is 11.5. The van der Waals surface area contributed by atoms with Gasteiger partial charge in [0.1, 0.15) is 12.2 Å². The van der Waals surface area contributed by atoms with E-state index < -0.39 is 11.9 Å². The van der Waals surface area contributed by atoms with Crippen molar-refractivity contribution in [2.75, 3.05) is 0 Å². The molecule has 1 unspecified atom stereocenters. The van der Waals surface area contributed by atoms with Gasteiger partial charge in [-0.05, 0) is 16.3 Å². The van der Waals surface area contributed by atoms with Crippen molar-refractivity contribution in [3.8, 4) is 0 Å². The van der Waals surface area contributed by atoms with Gasteiger partial charge < -0.3 is 9.90 Å². The van der Waals surface area contributed by atoms with Crippen LogP contribution in [0.1, 0.15) is 11.5 Å². The van der Waals surface area contributed by atoms with Crippen LogP contribution >= 0.6 is 0 Å². The molecule has 0 spiro atoms. The second kappa shape index (κ2) is 4.14. The molecule has 0 saturated carbocycles. The average molecular weight is 214 g/mol. The zero-order valence-electron chi connectivity index (χ0n) is 8.46. The SMILES string of the molecule is O=CC(C(=O)O)c1cccc2ccccc12. The highest BCUT2D eigenvalue weighted by molar-refractivity contribution is 5.99. The first-order valence-electron chi connectivity index (χ1n) is 4.90. The summed E-state index contributed by atoms with van der Waals surface area (Å²) in [5.41, 5.74) is 0.542. The number of rotatable bonds is 3. The van der Waals surface area contributed by atoms with E-state index in [1.165, 1.54) is 0 Å². The zero-order valence-corrected chi connectivity index (χ0v) is 8.46. The minimum Gasteiger partial charge on any atom is -0.480 e. The molecule has 0 saturated heterocycles. The monoisotopic (exact) mass is 214 g/mol. The molecule has 1 N–H and O–H groups in total. The Morgan fingerprint density at radius 1 is 1.12 bits per heavy atom. The van der Waals surface area contributed by atoms with Gasteiger partial charge in [0.25, 0.3) is 0 Å². The average Bonchev–Trinajstić information content (AvgIpc) is 2.30. The third-order valence-corrected chi connectivity index (χ3v) is 2.56. The van der Waals surface area contributed by atoms with E-state index in [1.54, 1.807) is 12.1 Å². The molecular formula is C13H10O3. The van der Waals surface area contributed by atoms with Crippen LogP contribution in [-0.2, 0) is 9.59 Å². The molecular weight excluding hydrogens is 204 g/mol. The molecule has 3 heteroatoms. The van der Waals surface area contributed by atoms with Gasteiger partial charge in [-0.1, -0.05) is 42.5 Å². The second-order valence-corrected chi connectivity index (χ2v) is 3.52. The molecule has 0 bridgehead atoms. The van der Waals surface area contributed by atoms with Crippen molar-refractivity contribution in [1.82, 2.24) is 0 Å². The largest absolute Gasteiger partial charge is 0.480 e. The molecule has 2 rings (SSSR count). The fourth-order valence-corrected chi connectivity index (χ4v) is 1.79. The summed E-state index contributed by atoms with van der Waals surface area (Å²) in [6, 6.07) is 12.8. The predicted octanol–water partition coefficient (Wildman–Crippen LogP) is 2.21. The van der Waals surface area contributed by atoms with E-state index >= 15 is 0 Å². The van der Waals surface area contributed by atoms with Crippen LogP contribution in [-0.4, -0.2) is 17.4 Å². The molecule has 80 valence electrons. The molecule has 3 nitrogen and oxygen atoms in total. The Bertz CT molecular complexity index is 540. The summed E-state index contributed by atoms with van der Waals surface area (Å²) in [7, 11) is 0. The highest BCUT2D eigenvalue weighted by atomic mass is 16.4. The van der Waals surface area contributed by atoms with E-state index in [0.717, 1.165) is 10.8 Å². The number of benzene rings is 2. The van der Waals surface area contributed by atoms with Gasteiger partial charge in [0.2, 0.25) is 0 Å². The van der Waals surface area contributed by atoms with Gasteiger partial charge in [0, 0.05) is 0 Å². The van der Waals surface area contributed by atoms with Crippen LogP contribution in [0.25, 0.3) is 10.8 Å². The van der Waals surface area contributed by atoms with Crippen LogP contribution in [0.5, 0.6) is 0 Å². The van der Waals surface area contributed by atoms with E-state index in [4.69, 9.17) is 5.11 Å². The molecule has 0 amide bonds. The minimum atomic E-state index is -1.12. The molecule has 0 aromatic heterocycles. The van der Waals surface area contributed by atoms with Gasteiger partial charge in [-0.25, -0.2) is 0 Å². The molecule has 0 aliphatic rings. The Hall–Kier alpha value is -2.16. The fraction of sp³-hybridized carbons (Fsp3) is 0.0769. The van der Waals surface area contributed by atoms with Crippen LogP contribution in [0.15, 0.2) is 42.5 Å². The molecule has 16 heavy (non-hydrogen) atoms. The number of aliphatic carboxylic acids is 1. The number of aldehydes is 1. The molecule has 0 aliphatic carbocycles. The van der Waals surface area contributed by atoms with Gasteiger partial charge in [-0.3, -0.25) is 4.79 Å². The molecule has 2 aromatic rings. The van der Waals surface area contributed by atoms with Gasteiger partial charge in [-0.15, -0.1) is 0 Å². The first-order chi connectivity index (χ1) is 7.74. The minimum absolute atomic E-state index is 0.462. The second-order valence-electron chi connectivity index (χ2n) is 3.52. The molecule has 2 aromatic carbocycles. The number of hydrogen-bond donors (Lipinski definition) is 1. The quantitative estimate of drug-likeness (QED) is 0.629. The van der Waals surface area contributed by atoms with Crippen molar-refractivity contribution in [2.24, 2.45) is 0 Å². The number of carbonyl (C=O) groups excluding carboxylic acids is 1. The van der Waals surface area contributed by atoms with Crippen LogP contribution in [0.2, 0.25) is 0 Å². The lowest BCUT2D eigenvalue weighted by molar-refractivity contribution is -0.140. The third-order valence-electron chi connectivity index (χ3n) is 2.56. The summed E-state index contributed by atoms with van der Waals surface area (Å²) < 4.78 is 0. The number of carboxylic acids is 1. The highest BCUT2D eigenvalue weighted by Crippen LogP contribution is 2.24. The lowest BCUT2D eigenvalue weighted by atomic mass is 9.94. The summed E-state index contributed by atoms with van der Waals surface area (Å²) in [6.07, 6.45) is 0.462. The Kier molecular flexibility index (Phi) is 2.68. The van der Waals surface area contributed by atoms with Crippen molar-refractivity contribution >= 4 is 23.0 Å². The number of carboxylic acid groups (broad SMARTS) is 1. The third kappa shape index (κ3) is 1.67. The number of hydrogen-bond acceptors (Lipinski definition) is 2. The van der Waals surface area contributed by atoms with Crippen molar-refractivity contribution in [1.29, 1.82) is 0 Å². The highest BCUT2D eigenvalue weighted by Gasteiger charge is 2.20. The summed E-state index contributed by atoms with van der Waals surface area (Å²) in [4.78, 5) is 21.8. The van der Waals surface area contributed by atoms with E-state index in [1.807, 2.05) is 30.3 Å². The number of fused-ring (bicyclic) bond motifs is 1. The smallest absolute Gasteiger partial charge is 0.318 e. The first kappa shape index (κ1) is 10.4. The summed E-state index contributed by atoms with van der Waals surface area (Å²) in [5.74, 6) is -2.21. The molecule has 0 fully saturated rings. The first-order valence-corrected chi connectivity index (χ1v) is 4.90. The molecule has 0 heterocycles. The normalized spacial score (nSPS) is 12.2. The van der Waals surface area contributed by atoms with Crippen LogP contribution in [0.3, 0.4) is 0 Å². The Balaban J connectivity index is 2.68. The lowest BCUT2D eigenvalue weighted by Crippen LogP contribution is -2.13. The van der Waals surface area contributed by atoms with E-state index in [9.17, 15) is 9.59 Å². The van der Waals surface area contributed by atoms with Crippen molar-refractivity contribution in [3.63, 3.8) is 0 Å². The standard InChI is InChI=1S/C13H10O3/c14-8-12(13(15)16)11-7-3-5-9-4-1-2-6-10(9)11/h1-8,12H,(H,15,16). The fourth-order valence-electron chi connectivity index (χ4n) is 1.79. The Labute approximate surface area is 92.3 Å². The Morgan fingerprint density at radius 2 is 1.81 bits per heavy atom. The van der Waals surface area contributed by atoms with Gasteiger partial charge in [-0.2, -0.15) is 0 Å². The maximum absolute atomic E-state index is 10.9. The maximum Gasteiger partial charge on any atom is 0.318 e. The van der Waals surface area contributed by atoms with Crippen LogP contribution in [0.4, 0.5) is 0 Å². The van der Waals surface area contributed by atoms with Gasteiger partial charge >= 0.3 is 5.97 Å². The van der Waals surface area contributed by atoms with E-state index in [2.05, 4.69) is 0 Å². The maximum atomic E-state index is 10.9. The predicted molar refractivity (Wildman–Crippen MR) is 60.4 cm³/mol. The van der Waals surface area contributed by atoms with E-state index in [-0.39, 0.29) is 0 Å². The van der Waals surface area contributed by atoms with Crippen molar-refractivity contribution in [2.45, 2.75) is 5.92 Å². The molecule has 0 aliphatic heterocycles. The molecule has 1 atom stereocenters. The van der Waals surface area contributed by atoms with Gasteiger partial charge in [0.15, 0.2) is 0 Å². The van der Waals surface area contributed by atoms with Crippen molar-refractivity contribution in [3.05, 3.63) is 48.0 Å². The van der Waals surface area contributed by atoms with Crippen LogP contribution in [0, 0.1) is 0 Å². The summed E-state index contributed by atoms with van der Waals surface area (Å²) >= 11 is 0. The summed E-state index contributed by atoms with van der Waals surface area (Å²) in [6.45, 7) is 0. The lowest BCUT2D eigenvalue weighted by Gasteiger charge is -2.09. The topological polar surface area (TPSA) is 54.4 Å². The summed E-state index contributed by atoms with van der Waals surface area (Å²) in [5, 5.41) is 10.7. The molecule has 0 radical (unpaired) electrons. The van der Waals surface area contributed by atoms with Crippen molar-refractivity contribution < 1.29 is 14.7 Å². The van der Waals surface area contributed by atoms with Crippen LogP contribution < -0.4 is 0 Å². The number of carbonyl (C=O) groups is 2. The van der Waals surface area contributed by atoms with Gasteiger partial charge in [0.05, 0.1) is 0 Å². The van der Waals surface area contributed by atoms with E-state index in [0.29, 0.717) is 11.8 Å². The Morgan fingerprint density at radius 3 is 2.50 bits per heavy atom.